The number of aryl methyl sites for hydroxylation is 1. The molecule has 2 aromatic heterocycles. The van der Waals surface area contributed by atoms with Crippen molar-refractivity contribution < 1.29 is 4.74 Å². The molecule has 2 aromatic rings. The van der Waals surface area contributed by atoms with Crippen LogP contribution in [0.5, 0.6) is 0 Å². The van der Waals surface area contributed by atoms with Crippen LogP contribution >= 0.6 is 11.6 Å². The Morgan fingerprint density at radius 1 is 1.53 bits per heavy atom. The summed E-state index contributed by atoms with van der Waals surface area (Å²) in [6.07, 6.45) is 1.74. The standard InChI is InChI=1S/C11H15ClN4O/c1-8(7-17-3)16-11(12)6-9(14-16)10-4-5-13-15(10)2/h4-6,8H,7H2,1-3H3. The Labute approximate surface area is 105 Å². The Kier molecular flexibility index (Phi) is 3.49. The van der Waals surface area contributed by atoms with Crippen molar-refractivity contribution in [2.24, 2.45) is 7.05 Å². The van der Waals surface area contributed by atoms with Crippen molar-refractivity contribution in [3.8, 4) is 11.4 Å². The van der Waals surface area contributed by atoms with Crippen molar-refractivity contribution >= 4 is 11.6 Å². The van der Waals surface area contributed by atoms with Gasteiger partial charge >= 0.3 is 0 Å². The van der Waals surface area contributed by atoms with E-state index in [-0.39, 0.29) is 6.04 Å². The maximum absolute atomic E-state index is 6.16. The largest absolute Gasteiger partial charge is 0.382 e. The molecule has 0 amide bonds. The van der Waals surface area contributed by atoms with Gasteiger partial charge in [0.15, 0.2) is 0 Å². The molecule has 0 saturated carbocycles. The van der Waals surface area contributed by atoms with Crippen LogP contribution in [0.15, 0.2) is 18.3 Å². The second kappa shape index (κ2) is 4.89. The Bertz CT molecular complexity index is 505. The highest BCUT2D eigenvalue weighted by molar-refractivity contribution is 6.29. The van der Waals surface area contributed by atoms with Crippen LogP contribution in [0.1, 0.15) is 13.0 Å². The monoisotopic (exact) mass is 254 g/mol. The van der Waals surface area contributed by atoms with Crippen molar-refractivity contribution in [2.75, 3.05) is 13.7 Å². The summed E-state index contributed by atoms with van der Waals surface area (Å²) in [5.41, 5.74) is 1.76. The molecule has 0 aliphatic rings. The van der Waals surface area contributed by atoms with Gasteiger partial charge in [-0.1, -0.05) is 11.6 Å². The molecule has 17 heavy (non-hydrogen) atoms. The Hall–Kier alpha value is -1.33. The number of ether oxygens (including phenoxy) is 1. The molecule has 0 bridgehead atoms. The minimum Gasteiger partial charge on any atom is -0.382 e. The number of aromatic nitrogens is 4. The van der Waals surface area contributed by atoms with Crippen LogP contribution in [0.3, 0.4) is 0 Å². The van der Waals surface area contributed by atoms with E-state index in [9.17, 15) is 0 Å². The van der Waals surface area contributed by atoms with Gasteiger partial charge in [0.1, 0.15) is 10.8 Å². The first-order valence-corrected chi connectivity index (χ1v) is 5.73. The molecule has 0 fully saturated rings. The van der Waals surface area contributed by atoms with Gasteiger partial charge in [0.2, 0.25) is 0 Å². The molecule has 2 heterocycles. The van der Waals surface area contributed by atoms with Crippen LogP contribution < -0.4 is 0 Å². The van der Waals surface area contributed by atoms with Crippen LogP contribution in [-0.2, 0) is 11.8 Å². The van der Waals surface area contributed by atoms with E-state index in [0.717, 1.165) is 11.4 Å². The van der Waals surface area contributed by atoms with E-state index < -0.39 is 0 Å². The molecular weight excluding hydrogens is 240 g/mol. The lowest BCUT2D eigenvalue weighted by Gasteiger charge is -2.11. The highest BCUT2D eigenvalue weighted by Crippen LogP contribution is 2.23. The number of hydrogen-bond acceptors (Lipinski definition) is 3. The lowest BCUT2D eigenvalue weighted by Crippen LogP contribution is -2.12. The number of hydrogen-bond donors (Lipinski definition) is 0. The van der Waals surface area contributed by atoms with E-state index in [1.54, 1.807) is 22.7 Å². The van der Waals surface area contributed by atoms with Gasteiger partial charge in [-0.15, -0.1) is 0 Å². The van der Waals surface area contributed by atoms with Gasteiger partial charge in [-0.3, -0.25) is 4.68 Å². The maximum atomic E-state index is 6.16. The van der Waals surface area contributed by atoms with Gasteiger partial charge in [-0.2, -0.15) is 10.2 Å². The second-order valence-corrected chi connectivity index (χ2v) is 4.33. The van der Waals surface area contributed by atoms with Gasteiger partial charge in [0, 0.05) is 26.4 Å². The van der Waals surface area contributed by atoms with Crippen LogP contribution in [0.4, 0.5) is 0 Å². The molecule has 0 saturated heterocycles. The summed E-state index contributed by atoms with van der Waals surface area (Å²) in [6.45, 7) is 2.58. The summed E-state index contributed by atoms with van der Waals surface area (Å²) >= 11 is 6.16. The third kappa shape index (κ3) is 2.35. The zero-order valence-electron chi connectivity index (χ0n) is 10.1. The molecule has 1 unspecified atom stereocenters. The first-order valence-electron chi connectivity index (χ1n) is 5.36. The first kappa shape index (κ1) is 12.1. The number of rotatable bonds is 4. The fourth-order valence-corrected chi connectivity index (χ4v) is 2.05. The molecule has 2 rings (SSSR count). The van der Waals surface area contributed by atoms with Crippen molar-refractivity contribution in [3.05, 3.63) is 23.5 Å². The minimum atomic E-state index is 0.106. The van der Waals surface area contributed by atoms with Gasteiger partial charge in [-0.25, -0.2) is 4.68 Å². The number of halogens is 1. The third-order valence-electron chi connectivity index (χ3n) is 2.60. The average molecular weight is 255 g/mol. The van der Waals surface area contributed by atoms with Crippen LogP contribution in [0.2, 0.25) is 5.15 Å². The molecule has 0 N–H and O–H groups in total. The maximum Gasteiger partial charge on any atom is 0.128 e. The molecule has 0 aliphatic heterocycles. The lowest BCUT2D eigenvalue weighted by molar-refractivity contribution is 0.157. The van der Waals surface area contributed by atoms with Crippen LogP contribution in [0, 0.1) is 0 Å². The molecule has 0 radical (unpaired) electrons. The van der Waals surface area contributed by atoms with E-state index >= 15 is 0 Å². The van der Waals surface area contributed by atoms with E-state index in [1.165, 1.54) is 0 Å². The topological polar surface area (TPSA) is 44.9 Å². The molecule has 0 aromatic carbocycles. The predicted molar refractivity (Wildman–Crippen MR) is 66.0 cm³/mol. The number of nitrogens with zero attached hydrogens (tertiary/aromatic N) is 4. The molecule has 5 nitrogen and oxygen atoms in total. The summed E-state index contributed by atoms with van der Waals surface area (Å²) in [5.74, 6) is 0. The summed E-state index contributed by atoms with van der Waals surface area (Å²) in [7, 11) is 3.54. The highest BCUT2D eigenvalue weighted by Gasteiger charge is 2.14. The molecule has 6 heteroatoms. The van der Waals surface area contributed by atoms with Gasteiger partial charge < -0.3 is 4.74 Å². The van der Waals surface area contributed by atoms with E-state index in [0.29, 0.717) is 11.8 Å². The fraction of sp³-hybridized carbons (Fsp3) is 0.455. The van der Waals surface area contributed by atoms with Crippen LogP contribution in [0.25, 0.3) is 11.4 Å². The molecule has 0 spiro atoms. The van der Waals surface area contributed by atoms with Gasteiger partial charge in [0.25, 0.3) is 0 Å². The lowest BCUT2D eigenvalue weighted by atomic mass is 10.3. The normalized spacial score (nSPS) is 12.9. The molecule has 0 aliphatic carbocycles. The van der Waals surface area contributed by atoms with Crippen molar-refractivity contribution in [1.82, 2.24) is 19.6 Å². The van der Waals surface area contributed by atoms with E-state index in [1.807, 2.05) is 26.1 Å². The summed E-state index contributed by atoms with van der Waals surface area (Å²) in [5, 5.41) is 9.19. The fourth-order valence-electron chi connectivity index (χ4n) is 1.74. The molecular formula is C11H15ClN4O. The highest BCUT2D eigenvalue weighted by atomic mass is 35.5. The van der Waals surface area contributed by atoms with E-state index in [4.69, 9.17) is 16.3 Å². The average Bonchev–Trinajstić information content (AvgIpc) is 2.84. The number of methoxy groups -OCH3 is 1. The van der Waals surface area contributed by atoms with Crippen molar-refractivity contribution in [1.29, 1.82) is 0 Å². The Morgan fingerprint density at radius 2 is 2.29 bits per heavy atom. The Morgan fingerprint density at radius 3 is 2.88 bits per heavy atom. The summed E-state index contributed by atoms with van der Waals surface area (Å²) in [6, 6.07) is 3.85. The van der Waals surface area contributed by atoms with Gasteiger partial charge in [0.05, 0.1) is 18.3 Å². The SMILES string of the molecule is COCC(C)n1nc(-c2ccnn2C)cc1Cl. The summed E-state index contributed by atoms with van der Waals surface area (Å²) < 4.78 is 8.62. The first-order chi connectivity index (χ1) is 8.13. The summed E-state index contributed by atoms with van der Waals surface area (Å²) in [4.78, 5) is 0. The zero-order chi connectivity index (χ0) is 12.4. The predicted octanol–water partition coefficient (Wildman–Crippen LogP) is 2.14. The van der Waals surface area contributed by atoms with Crippen molar-refractivity contribution in [3.63, 3.8) is 0 Å². The second-order valence-electron chi connectivity index (χ2n) is 3.94. The zero-order valence-corrected chi connectivity index (χ0v) is 10.8. The molecule has 92 valence electrons. The quantitative estimate of drug-likeness (QED) is 0.840. The smallest absolute Gasteiger partial charge is 0.128 e. The van der Waals surface area contributed by atoms with Gasteiger partial charge in [-0.05, 0) is 13.0 Å². The Balaban J connectivity index is 2.34. The minimum absolute atomic E-state index is 0.106. The third-order valence-corrected chi connectivity index (χ3v) is 2.88. The van der Waals surface area contributed by atoms with Crippen LogP contribution in [-0.4, -0.2) is 33.3 Å². The van der Waals surface area contributed by atoms with E-state index in [2.05, 4.69) is 10.2 Å². The van der Waals surface area contributed by atoms with Crippen molar-refractivity contribution in [2.45, 2.75) is 13.0 Å². The molecule has 1 atom stereocenters.